The number of sulfonamides is 1. The van der Waals surface area contributed by atoms with Crippen LogP contribution in [0.5, 0.6) is 0 Å². The van der Waals surface area contributed by atoms with E-state index in [2.05, 4.69) is 10.6 Å². The monoisotopic (exact) mass is 258 g/mol. The predicted octanol–water partition coefficient (Wildman–Crippen LogP) is 0.0796. The third-order valence-electron chi connectivity index (χ3n) is 2.36. The summed E-state index contributed by atoms with van der Waals surface area (Å²) < 4.78 is 22.4. The summed E-state index contributed by atoms with van der Waals surface area (Å²) >= 11 is 0. The van der Waals surface area contributed by atoms with Crippen LogP contribution in [0, 0.1) is 10.1 Å². The van der Waals surface area contributed by atoms with Crippen LogP contribution in [-0.4, -0.2) is 26.4 Å². The number of nitrogens with one attached hydrogen (secondary N) is 2. The molecule has 9 heteroatoms. The van der Waals surface area contributed by atoms with Crippen LogP contribution >= 0.6 is 0 Å². The summed E-state index contributed by atoms with van der Waals surface area (Å²) in [7, 11) is -3.96. The Morgan fingerprint density at radius 1 is 1.29 bits per heavy atom. The van der Waals surface area contributed by atoms with Crippen LogP contribution in [0.1, 0.15) is 0 Å². The molecule has 0 aliphatic carbocycles. The minimum atomic E-state index is -3.96. The second-order valence-electron chi connectivity index (χ2n) is 3.52. The standard InChI is InChI=1S/C8H10N4O4S/c9-17(15,16)5-3-6-8(11-2-1-10-6)7(4-5)12(13)14/h3-4,10-11H,1-2H2,(H2,9,15,16). The zero-order valence-electron chi connectivity index (χ0n) is 8.63. The first-order chi connectivity index (χ1) is 7.89. The molecule has 0 saturated carbocycles. The van der Waals surface area contributed by atoms with Gasteiger partial charge in [0.25, 0.3) is 5.69 Å². The Kier molecular flexibility index (Phi) is 2.63. The molecule has 92 valence electrons. The van der Waals surface area contributed by atoms with Crippen molar-refractivity contribution in [1.29, 1.82) is 0 Å². The molecule has 0 bridgehead atoms. The molecule has 8 nitrogen and oxygen atoms in total. The first-order valence-electron chi connectivity index (χ1n) is 4.72. The molecule has 0 amide bonds. The number of nitro groups is 1. The second-order valence-corrected chi connectivity index (χ2v) is 5.08. The number of nitro benzene ring substituents is 1. The Morgan fingerprint density at radius 3 is 2.53 bits per heavy atom. The molecule has 0 unspecified atom stereocenters. The highest BCUT2D eigenvalue weighted by Crippen LogP contribution is 2.36. The lowest BCUT2D eigenvalue weighted by atomic mass is 10.2. The van der Waals surface area contributed by atoms with Crippen LogP contribution in [0.3, 0.4) is 0 Å². The van der Waals surface area contributed by atoms with E-state index in [4.69, 9.17) is 5.14 Å². The van der Waals surface area contributed by atoms with Crippen LogP contribution in [0.2, 0.25) is 0 Å². The van der Waals surface area contributed by atoms with E-state index in [-0.39, 0.29) is 16.3 Å². The van der Waals surface area contributed by atoms with Gasteiger partial charge in [0, 0.05) is 19.2 Å². The van der Waals surface area contributed by atoms with Gasteiger partial charge >= 0.3 is 0 Å². The molecule has 2 rings (SSSR count). The molecule has 0 radical (unpaired) electrons. The number of anilines is 2. The third kappa shape index (κ3) is 2.15. The SMILES string of the molecule is NS(=O)(=O)c1cc2c(c([N+](=O)[O-])c1)NCCN2. The highest BCUT2D eigenvalue weighted by Gasteiger charge is 2.24. The van der Waals surface area contributed by atoms with Crippen LogP contribution in [-0.2, 0) is 10.0 Å². The van der Waals surface area contributed by atoms with Crippen molar-refractivity contribution in [2.75, 3.05) is 23.7 Å². The fourth-order valence-corrected chi connectivity index (χ4v) is 2.18. The van der Waals surface area contributed by atoms with E-state index in [0.717, 1.165) is 6.07 Å². The lowest BCUT2D eigenvalue weighted by Crippen LogP contribution is -2.22. The van der Waals surface area contributed by atoms with Crippen LogP contribution in [0.25, 0.3) is 0 Å². The van der Waals surface area contributed by atoms with E-state index in [1.807, 2.05) is 0 Å². The summed E-state index contributed by atoms with van der Waals surface area (Å²) in [5, 5.41) is 21.5. The molecule has 0 saturated heterocycles. The Hall–Kier alpha value is -1.87. The van der Waals surface area contributed by atoms with Crippen LogP contribution in [0.4, 0.5) is 17.1 Å². The quantitative estimate of drug-likeness (QED) is 0.509. The third-order valence-corrected chi connectivity index (χ3v) is 3.25. The second kappa shape index (κ2) is 3.86. The van der Waals surface area contributed by atoms with Gasteiger partial charge in [-0.3, -0.25) is 10.1 Å². The van der Waals surface area contributed by atoms with Gasteiger partial charge in [-0.25, -0.2) is 13.6 Å². The summed E-state index contributed by atoms with van der Waals surface area (Å²) in [6.07, 6.45) is 0. The molecule has 1 heterocycles. The molecule has 17 heavy (non-hydrogen) atoms. The molecule has 1 aromatic rings. The van der Waals surface area contributed by atoms with Crippen molar-refractivity contribution in [3.8, 4) is 0 Å². The lowest BCUT2D eigenvalue weighted by Gasteiger charge is -2.20. The van der Waals surface area contributed by atoms with Crippen molar-refractivity contribution in [2.45, 2.75) is 4.90 Å². The number of benzene rings is 1. The number of fused-ring (bicyclic) bond motifs is 1. The van der Waals surface area contributed by atoms with E-state index < -0.39 is 14.9 Å². The van der Waals surface area contributed by atoms with Crippen molar-refractivity contribution in [3.63, 3.8) is 0 Å². The predicted molar refractivity (Wildman–Crippen MR) is 61.4 cm³/mol. The zero-order chi connectivity index (χ0) is 12.6. The van der Waals surface area contributed by atoms with Gasteiger partial charge in [0.15, 0.2) is 0 Å². The smallest absolute Gasteiger partial charge is 0.295 e. The van der Waals surface area contributed by atoms with E-state index in [1.165, 1.54) is 6.07 Å². The summed E-state index contributed by atoms with van der Waals surface area (Å²) in [6, 6.07) is 2.23. The van der Waals surface area contributed by atoms with Gasteiger partial charge in [-0.05, 0) is 6.07 Å². The summed E-state index contributed by atoms with van der Waals surface area (Å²) in [4.78, 5) is 9.93. The molecular formula is C8H10N4O4S. The van der Waals surface area contributed by atoms with Gasteiger partial charge in [-0.15, -0.1) is 0 Å². The number of hydrogen-bond donors (Lipinski definition) is 3. The van der Waals surface area contributed by atoms with Crippen molar-refractivity contribution < 1.29 is 13.3 Å². The number of nitrogens with zero attached hydrogens (tertiary/aromatic N) is 1. The van der Waals surface area contributed by atoms with Crippen molar-refractivity contribution in [2.24, 2.45) is 5.14 Å². The van der Waals surface area contributed by atoms with E-state index in [0.29, 0.717) is 18.8 Å². The number of hydrogen-bond acceptors (Lipinski definition) is 6. The van der Waals surface area contributed by atoms with Crippen LogP contribution in [0.15, 0.2) is 17.0 Å². The molecule has 1 aliphatic heterocycles. The van der Waals surface area contributed by atoms with E-state index >= 15 is 0 Å². The Bertz CT molecular complexity index is 583. The highest BCUT2D eigenvalue weighted by molar-refractivity contribution is 7.89. The van der Waals surface area contributed by atoms with E-state index in [1.54, 1.807) is 0 Å². The first kappa shape index (κ1) is 11.6. The molecular weight excluding hydrogens is 248 g/mol. The maximum atomic E-state index is 11.2. The maximum absolute atomic E-state index is 11.2. The van der Waals surface area contributed by atoms with Gasteiger partial charge in [0.05, 0.1) is 15.5 Å². The van der Waals surface area contributed by atoms with Gasteiger partial charge in [-0.2, -0.15) is 0 Å². The number of rotatable bonds is 2. The van der Waals surface area contributed by atoms with Gasteiger partial charge in [-0.1, -0.05) is 0 Å². The average Bonchev–Trinajstić information content (AvgIpc) is 2.26. The maximum Gasteiger partial charge on any atom is 0.295 e. The average molecular weight is 258 g/mol. The first-order valence-corrected chi connectivity index (χ1v) is 6.27. The molecule has 0 aromatic heterocycles. The minimum Gasteiger partial charge on any atom is -0.381 e. The Labute approximate surface area is 97.0 Å². The number of primary sulfonamides is 1. The Balaban J connectivity index is 2.69. The van der Waals surface area contributed by atoms with Gasteiger partial charge in [0.2, 0.25) is 10.0 Å². The van der Waals surface area contributed by atoms with Gasteiger partial charge < -0.3 is 10.6 Å². The van der Waals surface area contributed by atoms with E-state index in [9.17, 15) is 18.5 Å². The summed E-state index contributed by atoms with van der Waals surface area (Å²) in [6.45, 7) is 1.08. The molecule has 1 aromatic carbocycles. The van der Waals surface area contributed by atoms with Crippen molar-refractivity contribution in [3.05, 3.63) is 22.2 Å². The molecule has 0 atom stereocenters. The molecule has 0 fully saturated rings. The normalized spacial score (nSPS) is 14.4. The van der Waals surface area contributed by atoms with Crippen molar-refractivity contribution >= 4 is 27.1 Å². The molecule has 0 spiro atoms. The van der Waals surface area contributed by atoms with Crippen molar-refractivity contribution in [1.82, 2.24) is 0 Å². The fraction of sp³-hybridized carbons (Fsp3) is 0.250. The zero-order valence-corrected chi connectivity index (χ0v) is 9.45. The fourth-order valence-electron chi connectivity index (χ4n) is 1.62. The largest absolute Gasteiger partial charge is 0.381 e. The highest BCUT2D eigenvalue weighted by atomic mass is 32.2. The summed E-state index contributed by atoms with van der Waals surface area (Å²) in [5.41, 5.74) is 0.349. The minimum absolute atomic E-state index is 0.279. The molecule has 1 aliphatic rings. The topological polar surface area (TPSA) is 127 Å². The lowest BCUT2D eigenvalue weighted by molar-refractivity contribution is -0.384. The summed E-state index contributed by atoms with van der Waals surface area (Å²) in [5.74, 6) is 0. The molecule has 4 N–H and O–H groups in total. The van der Waals surface area contributed by atoms with Gasteiger partial charge in [0.1, 0.15) is 5.69 Å². The number of nitrogens with two attached hydrogens (primary N) is 1. The van der Waals surface area contributed by atoms with Crippen LogP contribution < -0.4 is 15.8 Å². The Morgan fingerprint density at radius 2 is 1.94 bits per heavy atom.